The summed E-state index contributed by atoms with van der Waals surface area (Å²) in [5.74, 6) is 1.68. The zero-order valence-corrected chi connectivity index (χ0v) is 8.63. The molecule has 0 bridgehead atoms. The molecule has 68 valence electrons. The fourth-order valence-electron chi connectivity index (χ4n) is 1.57. The topological polar surface area (TPSA) is 17.8 Å². The molecule has 2 heteroatoms. The van der Waals surface area contributed by atoms with Crippen LogP contribution >= 0.6 is 0 Å². The zero-order chi connectivity index (χ0) is 9.30. The van der Waals surface area contributed by atoms with Crippen molar-refractivity contribution in [2.45, 2.75) is 46.6 Å². The standard InChI is InChI=1S/C10H18N2/c1-7(2)10-6-11-9(5)12(10)8(3)4/h6-8H,1-5H3. The van der Waals surface area contributed by atoms with Crippen molar-refractivity contribution < 1.29 is 0 Å². The van der Waals surface area contributed by atoms with Crippen molar-refractivity contribution in [3.8, 4) is 0 Å². The molecule has 0 aliphatic carbocycles. The van der Waals surface area contributed by atoms with Gasteiger partial charge in [0.05, 0.1) is 0 Å². The third kappa shape index (κ3) is 1.52. The van der Waals surface area contributed by atoms with E-state index in [9.17, 15) is 0 Å². The number of imidazole rings is 1. The first-order valence-electron chi connectivity index (χ1n) is 4.57. The van der Waals surface area contributed by atoms with Gasteiger partial charge in [0.1, 0.15) is 5.82 Å². The number of aryl methyl sites for hydroxylation is 1. The Kier molecular flexibility index (Phi) is 2.55. The quantitative estimate of drug-likeness (QED) is 0.660. The van der Waals surface area contributed by atoms with Crippen LogP contribution in [0.4, 0.5) is 0 Å². The normalized spacial score (nSPS) is 11.6. The van der Waals surface area contributed by atoms with Gasteiger partial charge in [0.15, 0.2) is 0 Å². The first kappa shape index (κ1) is 9.30. The van der Waals surface area contributed by atoms with Gasteiger partial charge in [0.25, 0.3) is 0 Å². The summed E-state index contributed by atoms with van der Waals surface area (Å²) in [5, 5.41) is 0. The van der Waals surface area contributed by atoms with Gasteiger partial charge in [-0.1, -0.05) is 13.8 Å². The minimum atomic E-state index is 0.518. The van der Waals surface area contributed by atoms with Gasteiger partial charge in [-0.3, -0.25) is 0 Å². The molecule has 2 nitrogen and oxygen atoms in total. The Morgan fingerprint density at radius 2 is 1.83 bits per heavy atom. The second-order valence-electron chi connectivity index (χ2n) is 3.85. The lowest BCUT2D eigenvalue weighted by Gasteiger charge is -2.15. The molecule has 0 unspecified atom stereocenters. The van der Waals surface area contributed by atoms with E-state index in [1.807, 2.05) is 6.20 Å². The Morgan fingerprint density at radius 1 is 1.25 bits per heavy atom. The van der Waals surface area contributed by atoms with Crippen LogP contribution in [0.15, 0.2) is 6.20 Å². The summed E-state index contributed by atoms with van der Waals surface area (Å²) in [6.45, 7) is 10.9. The molecule has 0 spiro atoms. The van der Waals surface area contributed by atoms with Crippen LogP contribution in [0.5, 0.6) is 0 Å². The van der Waals surface area contributed by atoms with Gasteiger partial charge >= 0.3 is 0 Å². The molecule has 0 saturated carbocycles. The number of nitrogens with zero attached hydrogens (tertiary/aromatic N) is 2. The summed E-state index contributed by atoms with van der Waals surface area (Å²) in [6, 6.07) is 0.518. The summed E-state index contributed by atoms with van der Waals surface area (Å²) in [6.07, 6.45) is 1.99. The molecular weight excluding hydrogens is 148 g/mol. The minimum Gasteiger partial charge on any atom is -0.330 e. The fourth-order valence-corrected chi connectivity index (χ4v) is 1.57. The average molecular weight is 166 g/mol. The maximum Gasteiger partial charge on any atom is 0.105 e. The van der Waals surface area contributed by atoms with Crippen molar-refractivity contribution in [1.82, 2.24) is 9.55 Å². The van der Waals surface area contributed by atoms with Gasteiger partial charge in [0.2, 0.25) is 0 Å². The molecule has 0 radical (unpaired) electrons. The smallest absolute Gasteiger partial charge is 0.105 e. The van der Waals surface area contributed by atoms with Crippen LogP contribution in [0.3, 0.4) is 0 Å². The molecule has 0 amide bonds. The lowest BCUT2D eigenvalue weighted by molar-refractivity contribution is 0.544. The lowest BCUT2D eigenvalue weighted by Crippen LogP contribution is -2.08. The maximum absolute atomic E-state index is 4.32. The van der Waals surface area contributed by atoms with E-state index in [1.165, 1.54) is 5.69 Å². The molecule has 0 aliphatic rings. The zero-order valence-electron chi connectivity index (χ0n) is 8.63. The highest BCUT2D eigenvalue weighted by molar-refractivity contribution is 5.09. The second-order valence-corrected chi connectivity index (χ2v) is 3.85. The highest BCUT2D eigenvalue weighted by Gasteiger charge is 2.11. The predicted molar refractivity (Wildman–Crippen MR) is 51.4 cm³/mol. The van der Waals surface area contributed by atoms with E-state index in [2.05, 4.69) is 44.2 Å². The van der Waals surface area contributed by atoms with E-state index in [4.69, 9.17) is 0 Å². The minimum absolute atomic E-state index is 0.518. The predicted octanol–water partition coefficient (Wildman–Crippen LogP) is 2.90. The molecule has 1 heterocycles. The van der Waals surface area contributed by atoms with Crippen molar-refractivity contribution in [2.75, 3.05) is 0 Å². The van der Waals surface area contributed by atoms with Crippen molar-refractivity contribution >= 4 is 0 Å². The Balaban J connectivity index is 3.12. The SMILES string of the molecule is Cc1ncc(C(C)C)n1C(C)C. The number of aromatic nitrogens is 2. The summed E-state index contributed by atoms with van der Waals surface area (Å²) < 4.78 is 2.30. The molecule has 0 fully saturated rings. The Hall–Kier alpha value is -0.790. The van der Waals surface area contributed by atoms with Crippen LogP contribution in [-0.2, 0) is 0 Å². The van der Waals surface area contributed by atoms with Crippen LogP contribution < -0.4 is 0 Å². The molecule has 0 aliphatic heterocycles. The third-order valence-corrected chi connectivity index (χ3v) is 2.12. The maximum atomic E-state index is 4.32. The molecule has 1 aromatic heterocycles. The highest BCUT2D eigenvalue weighted by atomic mass is 15.1. The molecular formula is C10H18N2. The van der Waals surface area contributed by atoms with Crippen molar-refractivity contribution in [3.63, 3.8) is 0 Å². The molecule has 0 saturated heterocycles. The van der Waals surface area contributed by atoms with Crippen molar-refractivity contribution in [1.29, 1.82) is 0 Å². The Bertz CT molecular complexity index is 259. The van der Waals surface area contributed by atoms with E-state index >= 15 is 0 Å². The number of hydrogen-bond acceptors (Lipinski definition) is 1. The summed E-state index contributed by atoms with van der Waals surface area (Å²) >= 11 is 0. The fraction of sp³-hybridized carbons (Fsp3) is 0.700. The van der Waals surface area contributed by atoms with Crippen LogP contribution in [-0.4, -0.2) is 9.55 Å². The van der Waals surface area contributed by atoms with E-state index in [-0.39, 0.29) is 0 Å². The van der Waals surface area contributed by atoms with Gasteiger partial charge in [-0.15, -0.1) is 0 Å². The number of rotatable bonds is 2. The molecule has 1 rings (SSSR count). The van der Waals surface area contributed by atoms with Crippen LogP contribution in [0.1, 0.15) is 51.2 Å². The van der Waals surface area contributed by atoms with Gasteiger partial charge in [-0.05, 0) is 26.7 Å². The van der Waals surface area contributed by atoms with Crippen LogP contribution in [0.25, 0.3) is 0 Å². The first-order valence-corrected chi connectivity index (χ1v) is 4.57. The van der Waals surface area contributed by atoms with Gasteiger partial charge < -0.3 is 4.57 Å². The second kappa shape index (κ2) is 3.30. The molecule has 0 N–H and O–H groups in total. The Morgan fingerprint density at radius 3 is 2.17 bits per heavy atom. The van der Waals surface area contributed by atoms with Gasteiger partial charge in [0, 0.05) is 17.9 Å². The van der Waals surface area contributed by atoms with E-state index in [0.29, 0.717) is 12.0 Å². The van der Waals surface area contributed by atoms with E-state index in [0.717, 1.165) is 5.82 Å². The van der Waals surface area contributed by atoms with Gasteiger partial charge in [-0.25, -0.2) is 4.98 Å². The van der Waals surface area contributed by atoms with E-state index in [1.54, 1.807) is 0 Å². The number of hydrogen-bond donors (Lipinski definition) is 0. The lowest BCUT2D eigenvalue weighted by atomic mass is 10.1. The largest absolute Gasteiger partial charge is 0.330 e. The van der Waals surface area contributed by atoms with Gasteiger partial charge in [-0.2, -0.15) is 0 Å². The van der Waals surface area contributed by atoms with Crippen molar-refractivity contribution in [3.05, 3.63) is 17.7 Å². The monoisotopic (exact) mass is 166 g/mol. The highest BCUT2D eigenvalue weighted by Crippen LogP contribution is 2.20. The summed E-state index contributed by atoms with van der Waals surface area (Å²) in [4.78, 5) is 4.32. The third-order valence-electron chi connectivity index (χ3n) is 2.12. The Labute approximate surface area is 74.6 Å². The van der Waals surface area contributed by atoms with Crippen LogP contribution in [0, 0.1) is 6.92 Å². The molecule has 12 heavy (non-hydrogen) atoms. The summed E-state index contributed by atoms with van der Waals surface area (Å²) in [7, 11) is 0. The first-order chi connectivity index (χ1) is 5.54. The molecule has 1 aromatic rings. The molecule has 0 atom stereocenters. The van der Waals surface area contributed by atoms with E-state index < -0.39 is 0 Å². The van der Waals surface area contributed by atoms with Crippen molar-refractivity contribution in [2.24, 2.45) is 0 Å². The summed E-state index contributed by atoms with van der Waals surface area (Å²) in [5.41, 5.74) is 1.34. The average Bonchev–Trinajstić information content (AvgIpc) is 2.30. The van der Waals surface area contributed by atoms with Crippen LogP contribution in [0.2, 0.25) is 0 Å². The molecule has 0 aromatic carbocycles.